The molecule has 0 radical (unpaired) electrons. The van der Waals surface area contributed by atoms with Gasteiger partial charge in [-0.05, 0) is 25.3 Å². The summed E-state index contributed by atoms with van der Waals surface area (Å²) in [6.07, 6.45) is -1.49. The van der Waals surface area contributed by atoms with Gasteiger partial charge in [0.25, 0.3) is 0 Å². The minimum atomic E-state index is -1.00. The van der Waals surface area contributed by atoms with Crippen LogP contribution in [0.1, 0.15) is 18.9 Å². The summed E-state index contributed by atoms with van der Waals surface area (Å²) in [4.78, 5) is 11.1. The Hall–Kier alpha value is -1.39. The van der Waals surface area contributed by atoms with Crippen LogP contribution in [0.5, 0.6) is 0 Å². The molecule has 0 amide bonds. The Morgan fingerprint density at radius 3 is 2.29 bits per heavy atom. The second-order valence-electron chi connectivity index (χ2n) is 4.27. The SMILES string of the molecule is C[C@H](O)[C@@H](O)CC(Cc1ccccc1)C(=O)O. The molecule has 0 heterocycles. The summed E-state index contributed by atoms with van der Waals surface area (Å²) in [5.74, 6) is -1.63. The Kier molecular flexibility index (Phi) is 5.12. The van der Waals surface area contributed by atoms with E-state index < -0.39 is 24.1 Å². The smallest absolute Gasteiger partial charge is 0.306 e. The summed E-state index contributed by atoms with van der Waals surface area (Å²) < 4.78 is 0. The molecule has 1 rings (SSSR count). The normalized spacial score (nSPS) is 16.2. The molecule has 0 saturated heterocycles. The highest BCUT2D eigenvalue weighted by molar-refractivity contribution is 5.70. The molecule has 0 aliphatic rings. The fourth-order valence-electron chi connectivity index (χ4n) is 1.66. The van der Waals surface area contributed by atoms with Crippen molar-refractivity contribution in [1.29, 1.82) is 0 Å². The van der Waals surface area contributed by atoms with E-state index in [1.165, 1.54) is 6.92 Å². The minimum Gasteiger partial charge on any atom is -0.481 e. The lowest BCUT2D eigenvalue weighted by molar-refractivity contribution is -0.143. The Labute approximate surface area is 101 Å². The Balaban J connectivity index is 2.64. The van der Waals surface area contributed by atoms with Crippen molar-refractivity contribution >= 4 is 5.97 Å². The molecule has 4 nitrogen and oxygen atoms in total. The molecule has 0 aliphatic carbocycles. The second-order valence-corrected chi connectivity index (χ2v) is 4.27. The number of hydrogen-bond acceptors (Lipinski definition) is 3. The van der Waals surface area contributed by atoms with Gasteiger partial charge in [0.1, 0.15) is 0 Å². The van der Waals surface area contributed by atoms with E-state index in [1.54, 1.807) is 0 Å². The third kappa shape index (κ3) is 4.54. The molecule has 0 spiro atoms. The van der Waals surface area contributed by atoms with E-state index in [4.69, 9.17) is 5.11 Å². The molecule has 0 aliphatic heterocycles. The van der Waals surface area contributed by atoms with Crippen LogP contribution in [0.4, 0.5) is 0 Å². The molecule has 0 saturated carbocycles. The zero-order valence-electron chi connectivity index (χ0n) is 9.78. The molecule has 0 fully saturated rings. The van der Waals surface area contributed by atoms with Crippen LogP contribution in [0, 0.1) is 5.92 Å². The monoisotopic (exact) mass is 238 g/mol. The molecule has 0 aromatic heterocycles. The van der Waals surface area contributed by atoms with Crippen LogP contribution in [0.15, 0.2) is 30.3 Å². The first-order chi connectivity index (χ1) is 8.00. The number of aliphatic hydroxyl groups is 2. The Morgan fingerprint density at radius 1 is 1.24 bits per heavy atom. The number of carboxylic acids is 1. The lowest BCUT2D eigenvalue weighted by atomic mass is 9.92. The third-order valence-corrected chi connectivity index (χ3v) is 2.76. The van der Waals surface area contributed by atoms with Gasteiger partial charge in [-0.25, -0.2) is 0 Å². The standard InChI is InChI=1S/C13H18O4/c1-9(14)12(15)8-11(13(16)17)7-10-5-3-2-4-6-10/h2-6,9,11-12,14-15H,7-8H2,1H3,(H,16,17)/t9-,11?,12-/m0/s1. The topological polar surface area (TPSA) is 77.8 Å². The summed E-state index contributed by atoms with van der Waals surface area (Å²) in [6.45, 7) is 1.45. The van der Waals surface area contributed by atoms with Gasteiger partial charge < -0.3 is 15.3 Å². The summed E-state index contributed by atoms with van der Waals surface area (Å²) in [5.41, 5.74) is 0.915. The van der Waals surface area contributed by atoms with Crippen molar-refractivity contribution < 1.29 is 20.1 Å². The zero-order valence-corrected chi connectivity index (χ0v) is 9.78. The molecule has 94 valence electrons. The van der Waals surface area contributed by atoms with Gasteiger partial charge in [0.2, 0.25) is 0 Å². The maximum atomic E-state index is 11.1. The van der Waals surface area contributed by atoms with Crippen LogP contribution < -0.4 is 0 Å². The molecule has 1 aromatic rings. The molecule has 1 aromatic carbocycles. The van der Waals surface area contributed by atoms with Gasteiger partial charge in [-0.2, -0.15) is 0 Å². The van der Waals surface area contributed by atoms with E-state index >= 15 is 0 Å². The Bertz CT molecular complexity index is 348. The van der Waals surface area contributed by atoms with Crippen LogP contribution in [-0.4, -0.2) is 33.5 Å². The first-order valence-corrected chi connectivity index (χ1v) is 5.63. The molecule has 3 N–H and O–H groups in total. The van der Waals surface area contributed by atoms with Gasteiger partial charge in [-0.1, -0.05) is 30.3 Å². The molecule has 3 atom stereocenters. The van der Waals surface area contributed by atoms with Crippen molar-refractivity contribution in [2.24, 2.45) is 5.92 Å². The summed E-state index contributed by atoms with van der Waals surface area (Å²) in [6, 6.07) is 9.26. The van der Waals surface area contributed by atoms with Crippen LogP contribution >= 0.6 is 0 Å². The average Bonchev–Trinajstić information content (AvgIpc) is 2.29. The van der Waals surface area contributed by atoms with Crippen molar-refractivity contribution in [3.8, 4) is 0 Å². The largest absolute Gasteiger partial charge is 0.481 e. The van der Waals surface area contributed by atoms with Gasteiger partial charge in [-0.15, -0.1) is 0 Å². The maximum absolute atomic E-state index is 11.1. The minimum absolute atomic E-state index is 0.0574. The van der Waals surface area contributed by atoms with Gasteiger partial charge in [0.15, 0.2) is 0 Å². The fourth-order valence-corrected chi connectivity index (χ4v) is 1.66. The lowest BCUT2D eigenvalue weighted by Gasteiger charge is -2.18. The van der Waals surface area contributed by atoms with E-state index in [0.717, 1.165) is 5.56 Å². The van der Waals surface area contributed by atoms with E-state index in [9.17, 15) is 15.0 Å². The summed E-state index contributed by atoms with van der Waals surface area (Å²) >= 11 is 0. The lowest BCUT2D eigenvalue weighted by Crippen LogP contribution is -2.29. The van der Waals surface area contributed by atoms with Crippen molar-refractivity contribution in [2.75, 3.05) is 0 Å². The van der Waals surface area contributed by atoms with E-state index in [1.807, 2.05) is 30.3 Å². The highest BCUT2D eigenvalue weighted by Crippen LogP contribution is 2.16. The highest BCUT2D eigenvalue weighted by atomic mass is 16.4. The second kappa shape index (κ2) is 6.37. The number of benzene rings is 1. The fraction of sp³-hybridized carbons (Fsp3) is 0.462. The number of hydrogen-bond donors (Lipinski definition) is 3. The third-order valence-electron chi connectivity index (χ3n) is 2.76. The van der Waals surface area contributed by atoms with Crippen molar-refractivity contribution in [2.45, 2.75) is 32.0 Å². The quantitative estimate of drug-likeness (QED) is 0.692. The molecule has 0 bridgehead atoms. The van der Waals surface area contributed by atoms with Gasteiger partial charge in [-0.3, -0.25) is 4.79 Å². The zero-order chi connectivity index (χ0) is 12.8. The van der Waals surface area contributed by atoms with Gasteiger partial charge >= 0.3 is 5.97 Å². The number of aliphatic carboxylic acids is 1. The molecule has 1 unspecified atom stereocenters. The maximum Gasteiger partial charge on any atom is 0.306 e. The molecule has 17 heavy (non-hydrogen) atoms. The van der Waals surface area contributed by atoms with E-state index in [0.29, 0.717) is 6.42 Å². The Morgan fingerprint density at radius 2 is 1.82 bits per heavy atom. The van der Waals surface area contributed by atoms with Crippen molar-refractivity contribution in [3.05, 3.63) is 35.9 Å². The predicted molar refractivity (Wildman–Crippen MR) is 63.6 cm³/mol. The number of carbonyl (C=O) groups is 1. The molecular formula is C13H18O4. The first kappa shape index (κ1) is 13.7. The first-order valence-electron chi connectivity index (χ1n) is 5.63. The summed E-state index contributed by atoms with van der Waals surface area (Å²) in [7, 11) is 0. The van der Waals surface area contributed by atoms with Crippen LogP contribution in [0.3, 0.4) is 0 Å². The van der Waals surface area contributed by atoms with Crippen LogP contribution in [0.2, 0.25) is 0 Å². The van der Waals surface area contributed by atoms with Crippen LogP contribution in [0.25, 0.3) is 0 Å². The van der Waals surface area contributed by atoms with Crippen molar-refractivity contribution in [1.82, 2.24) is 0 Å². The predicted octanol–water partition coefficient (Wildman–Crippen LogP) is 1.06. The molecular weight excluding hydrogens is 220 g/mol. The molecule has 4 heteroatoms. The number of carboxylic acid groups (broad SMARTS) is 1. The van der Waals surface area contributed by atoms with Gasteiger partial charge in [0, 0.05) is 0 Å². The summed E-state index contributed by atoms with van der Waals surface area (Å²) in [5, 5.41) is 27.8. The van der Waals surface area contributed by atoms with Crippen molar-refractivity contribution in [3.63, 3.8) is 0 Å². The van der Waals surface area contributed by atoms with E-state index in [2.05, 4.69) is 0 Å². The highest BCUT2D eigenvalue weighted by Gasteiger charge is 2.24. The van der Waals surface area contributed by atoms with Crippen LogP contribution in [-0.2, 0) is 11.2 Å². The number of rotatable bonds is 6. The average molecular weight is 238 g/mol. The van der Waals surface area contributed by atoms with E-state index in [-0.39, 0.29) is 6.42 Å². The van der Waals surface area contributed by atoms with Gasteiger partial charge in [0.05, 0.1) is 18.1 Å². The number of aliphatic hydroxyl groups excluding tert-OH is 2.